The smallest absolute Gasteiger partial charge is 0.338 e. The first kappa shape index (κ1) is 21.8. The molecule has 30 heavy (non-hydrogen) atoms. The lowest BCUT2D eigenvalue weighted by Gasteiger charge is -2.24. The van der Waals surface area contributed by atoms with Gasteiger partial charge in [0.25, 0.3) is 0 Å². The fourth-order valence-corrected chi connectivity index (χ4v) is 3.59. The number of aryl methyl sites for hydroxylation is 1. The van der Waals surface area contributed by atoms with Crippen molar-refractivity contribution in [2.24, 2.45) is 0 Å². The number of ether oxygens (including phenoxy) is 2. The number of carbonyl (C=O) groups is 1. The van der Waals surface area contributed by atoms with E-state index in [-0.39, 0.29) is 5.97 Å². The van der Waals surface area contributed by atoms with E-state index in [1.165, 1.54) is 23.9 Å². The molecule has 0 unspecified atom stereocenters. The van der Waals surface area contributed by atoms with Crippen molar-refractivity contribution in [3.8, 4) is 0 Å². The minimum atomic E-state index is -0.305. The Morgan fingerprint density at radius 3 is 2.40 bits per heavy atom. The van der Waals surface area contributed by atoms with Gasteiger partial charge in [-0.15, -0.1) is 0 Å². The Kier molecular flexibility index (Phi) is 7.82. The van der Waals surface area contributed by atoms with Gasteiger partial charge in [0, 0.05) is 45.2 Å². The highest BCUT2D eigenvalue weighted by Crippen LogP contribution is 2.17. The van der Waals surface area contributed by atoms with E-state index in [2.05, 4.69) is 59.0 Å². The number of aromatic nitrogens is 1. The fourth-order valence-electron chi connectivity index (χ4n) is 3.59. The second-order valence-electron chi connectivity index (χ2n) is 7.41. The molecule has 3 rings (SSSR count). The Morgan fingerprint density at radius 1 is 0.933 bits per heavy atom. The minimum Gasteiger partial charge on any atom is -0.465 e. The van der Waals surface area contributed by atoms with Crippen LogP contribution in [0.1, 0.15) is 32.7 Å². The van der Waals surface area contributed by atoms with Gasteiger partial charge in [-0.25, -0.2) is 4.79 Å². The minimum absolute atomic E-state index is 0.305. The molecule has 5 nitrogen and oxygen atoms in total. The molecular weight excluding hydrogens is 376 g/mol. The van der Waals surface area contributed by atoms with Crippen molar-refractivity contribution in [3.63, 3.8) is 0 Å². The molecule has 0 atom stereocenters. The van der Waals surface area contributed by atoms with Crippen LogP contribution in [0.3, 0.4) is 0 Å². The monoisotopic (exact) mass is 406 g/mol. The van der Waals surface area contributed by atoms with Crippen molar-refractivity contribution < 1.29 is 14.3 Å². The van der Waals surface area contributed by atoms with E-state index in [1.807, 2.05) is 24.3 Å². The van der Waals surface area contributed by atoms with Crippen molar-refractivity contribution in [2.75, 3.05) is 27.4 Å². The molecule has 0 spiro atoms. The highest BCUT2D eigenvalue weighted by molar-refractivity contribution is 5.90. The van der Waals surface area contributed by atoms with Crippen LogP contribution in [0.15, 0.2) is 66.9 Å². The van der Waals surface area contributed by atoms with Gasteiger partial charge in [0.2, 0.25) is 0 Å². The summed E-state index contributed by atoms with van der Waals surface area (Å²) in [5.41, 5.74) is 5.40. The second kappa shape index (κ2) is 10.8. The fraction of sp³-hybridized carbons (Fsp3) is 0.320. The first-order valence-corrected chi connectivity index (χ1v) is 10.2. The summed E-state index contributed by atoms with van der Waals surface area (Å²) in [4.78, 5) is 14.5. The number of methoxy groups -OCH3 is 2. The van der Waals surface area contributed by atoms with Gasteiger partial charge >= 0.3 is 5.97 Å². The molecule has 1 heterocycles. The van der Waals surface area contributed by atoms with E-state index < -0.39 is 0 Å². The maximum Gasteiger partial charge on any atom is 0.338 e. The van der Waals surface area contributed by atoms with Crippen LogP contribution in [-0.2, 0) is 29.1 Å². The third kappa shape index (κ3) is 5.59. The molecule has 0 aliphatic carbocycles. The molecule has 0 bridgehead atoms. The molecule has 0 fully saturated rings. The van der Waals surface area contributed by atoms with Crippen LogP contribution in [0, 0.1) is 6.92 Å². The Bertz CT molecular complexity index is 964. The van der Waals surface area contributed by atoms with E-state index in [4.69, 9.17) is 9.47 Å². The van der Waals surface area contributed by atoms with E-state index in [0.29, 0.717) is 18.7 Å². The van der Waals surface area contributed by atoms with Crippen molar-refractivity contribution in [1.29, 1.82) is 0 Å². The molecule has 158 valence electrons. The van der Waals surface area contributed by atoms with Crippen LogP contribution in [0.2, 0.25) is 0 Å². The Morgan fingerprint density at radius 2 is 1.67 bits per heavy atom. The first-order valence-electron chi connectivity index (χ1n) is 10.2. The number of rotatable bonds is 10. The van der Waals surface area contributed by atoms with Gasteiger partial charge in [-0.1, -0.05) is 42.5 Å². The third-order valence-corrected chi connectivity index (χ3v) is 5.34. The summed E-state index contributed by atoms with van der Waals surface area (Å²) in [6.45, 7) is 5.78. The maximum absolute atomic E-state index is 12.2. The third-order valence-electron chi connectivity index (χ3n) is 5.34. The lowest BCUT2D eigenvalue weighted by atomic mass is 10.1. The van der Waals surface area contributed by atoms with E-state index in [9.17, 15) is 4.79 Å². The lowest BCUT2D eigenvalue weighted by Crippen LogP contribution is -2.28. The van der Waals surface area contributed by atoms with Gasteiger partial charge < -0.3 is 14.0 Å². The first-order chi connectivity index (χ1) is 14.6. The molecule has 3 aromatic rings. The molecule has 5 heteroatoms. The van der Waals surface area contributed by atoms with Gasteiger partial charge in [-0.05, 0) is 41.8 Å². The predicted molar refractivity (Wildman–Crippen MR) is 118 cm³/mol. The standard InChI is InChI=1S/C25H30N2O3/c1-20-9-4-5-10-21(20)18-27-14-8-12-23(27)19-26(15-16-29-2)17-22-11-6-7-13-24(22)25(28)30-3/h4-14H,15-19H2,1-3H3. The zero-order chi connectivity index (χ0) is 21.3. The zero-order valence-electron chi connectivity index (χ0n) is 18.0. The van der Waals surface area contributed by atoms with Crippen molar-refractivity contribution in [2.45, 2.75) is 26.6 Å². The normalized spacial score (nSPS) is 11.1. The predicted octanol–water partition coefficient (Wildman–Crippen LogP) is 4.28. The molecule has 0 radical (unpaired) electrons. The largest absolute Gasteiger partial charge is 0.465 e. The molecule has 0 aliphatic heterocycles. The van der Waals surface area contributed by atoms with Crippen molar-refractivity contribution >= 4 is 5.97 Å². The summed E-state index contributed by atoms with van der Waals surface area (Å²) >= 11 is 0. The average Bonchev–Trinajstić information content (AvgIpc) is 3.20. The van der Waals surface area contributed by atoms with Crippen LogP contribution in [0.25, 0.3) is 0 Å². The van der Waals surface area contributed by atoms with Crippen molar-refractivity contribution in [1.82, 2.24) is 9.47 Å². The molecule has 0 aliphatic rings. The molecule has 1 aromatic heterocycles. The number of esters is 1. The van der Waals surface area contributed by atoms with E-state index >= 15 is 0 Å². The number of hydrogen-bond acceptors (Lipinski definition) is 4. The van der Waals surface area contributed by atoms with E-state index in [0.717, 1.165) is 25.2 Å². The number of nitrogens with zero attached hydrogens (tertiary/aromatic N) is 2. The SMILES string of the molecule is COCCN(Cc1ccccc1C(=O)OC)Cc1cccn1Cc1ccccc1C. The van der Waals surface area contributed by atoms with Crippen LogP contribution >= 0.6 is 0 Å². The van der Waals surface area contributed by atoms with Gasteiger partial charge in [0.05, 0.1) is 19.3 Å². The van der Waals surface area contributed by atoms with Gasteiger partial charge in [0.15, 0.2) is 0 Å². The second-order valence-corrected chi connectivity index (χ2v) is 7.41. The summed E-state index contributed by atoms with van der Waals surface area (Å²) in [6.07, 6.45) is 2.12. The summed E-state index contributed by atoms with van der Waals surface area (Å²) in [5, 5.41) is 0. The molecule has 0 saturated carbocycles. The molecule has 0 amide bonds. The number of hydrogen-bond donors (Lipinski definition) is 0. The zero-order valence-corrected chi connectivity index (χ0v) is 18.0. The van der Waals surface area contributed by atoms with Gasteiger partial charge in [-0.3, -0.25) is 4.90 Å². The Balaban J connectivity index is 1.79. The Hall–Kier alpha value is -2.89. The summed E-state index contributed by atoms with van der Waals surface area (Å²) in [7, 11) is 3.13. The molecule has 2 aromatic carbocycles. The van der Waals surface area contributed by atoms with Crippen LogP contribution < -0.4 is 0 Å². The quantitative estimate of drug-likeness (QED) is 0.472. The molecular formula is C25H30N2O3. The number of carbonyl (C=O) groups excluding carboxylic acids is 1. The van der Waals surface area contributed by atoms with Crippen LogP contribution in [0.5, 0.6) is 0 Å². The Labute approximate surface area is 178 Å². The highest BCUT2D eigenvalue weighted by Gasteiger charge is 2.16. The van der Waals surface area contributed by atoms with Crippen LogP contribution in [-0.4, -0.2) is 42.8 Å². The van der Waals surface area contributed by atoms with Crippen LogP contribution in [0.4, 0.5) is 0 Å². The highest BCUT2D eigenvalue weighted by atomic mass is 16.5. The summed E-state index contributed by atoms with van der Waals surface area (Å²) < 4.78 is 12.6. The van der Waals surface area contributed by atoms with E-state index in [1.54, 1.807) is 7.11 Å². The van der Waals surface area contributed by atoms with Crippen molar-refractivity contribution in [3.05, 3.63) is 94.8 Å². The summed E-state index contributed by atoms with van der Waals surface area (Å²) in [6, 6.07) is 20.3. The lowest BCUT2D eigenvalue weighted by molar-refractivity contribution is 0.0597. The number of benzene rings is 2. The molecule has 0 saturated heterocycles. The average molecular weight is 407 g/mol. The topological polar surface area (TPSA) is 43.7 Å². The summed E-state index contributed by atoms with van der Waals surface area (Å²) in [5.74, 6) is -0.305. The van der Waals surface area contributed by atoms with Gasteiger partial charge in [0.1, 0.15) is 0 Å². The maximum atomic E-state index is 12.2. The van der Waals surface area contributed by atoms with Gasteiger partial charge in [-0.2, -0.15) is 0 Å². The molecule has 0 N–H and O–H groups in total.